The monoisotopic (exact) mass is 265 g/mol. The number of nitrogens with one attached hydrogen (secondary N) is 2. The van der Waals surface area contributed by atoms with E-state index in [1.54, 1.807) is 0 Å². The third-order valence-electron chi connectivity index (χ3n) is 2.44. The van der Waals surface area contributed by atoms with Crippen LogP contribution in [0.3, 0.4) is 0 Å². The fourth-order valence-electron chi connectivity index (χ4n) is 0.930. The zero-order chi connectivity index (χ0) is 12.8. The highest BCUT2D eigenvalue weighted by Gasteiger charge is 2.27. The SMILES string of the molecule is CNC(C)(C)C(S)SC(=O)NC(C)CCN. The van der Waals surface area contributed by atoms with E-state index in [1.807, 2.05) is 27.8 Å². The number of amides is 1. The fourth-order valence-corrected chi connectivity index (χ4v) is 2.23. The molecule has 6 heteroatoms. The van der Waals surface area contributed by atoms with E-state index in [0.29, 0.717) is 6.54 Å². The number of hydrogen-bond acceptors (Lipinski definition) is 5. The lowest BCUT2D eigenvalue weighted by Gasteiger charge is -2.29. The maximum atomic E-state index is 11.6. The molecule has 0 aliphatic heterocycles. The molecule has 2 unspecified atom stereocenters. The third-order valence-corrected chi connectivity index (χ3v) is 4.55. The van der Waals surface area contributed by atoms with Crippen LogP contribution in [-0.4, -0.2) is 35.0 Å². The average Bonchev–Trinajstić information content (AvgIpc) is 2.17. The Bertz CT molecular complexity index is 224. The van der Waals surface area contributed by atoms with Gasteiger partial charge in [-0.2, -0.15) is 12.6 Å². The summed E-state index contributed by atoms with van der Waals surface area (Å²) in [4.78, 5) is 11.6. The van der Waals surface area contributed by atoms with Crippen molar-refractivity contribution in [2.24, 2.45) is 5.73 Å². The second-order valence-corrected chi connectivity index (χ2v) is 6.30. The van der Waals surface area contributed by atoms with Crippen molar-refractivity contribution in [1.29, 1.82) is 0 Å². The van der Waals surface area contributed by atoms with Gasteiger partial charge in [-0.1, -0.05) is 0 Å². The maximum Gasteiger partial charge on any atom is 0.280 e. The fraction of sp³-hybridized carbons (Fsp3) is 0.900. The van der Waals surface area contributed by atoms with Gasteiger partial charge in [-0.3, -0.25) is 4.79 Å². The van der Waals surface area contributed by atoms with Crippen LogP contribution < -0.4 is 16.4 Å². The first-order valence-corrected chi connectivity index (χ1v) is 6.77. The van der Waals surface area contributed by atoms with Gasteiger partial charge in [-0.25, -0.2) is 0 Å². The second-order valence-electron chi connectivity index (χ2n) is 4.35. The van der Waals surface area contributed by atoms with Gasteiger partial charge in [0, 0.05) is 11.6 Å². The van der Waals surface area contributed by atoms with E-state index >= 15 is 0 Å². The number of hydrogen-bond donors (Lipinski definition) is 4. The van der Waals surface area contributed by atoms with Gasteiger partial charge in [0.2, 0.25) is 0 Å². The zero-order valence-electron chi connectivity index (χ0n) is 10.4. The Morgan fingerprint density at radius 1 is 1.56 bits per heavy atom. The highest BCUT2D eigenvalue weighted by atomic mass is 32.2. The Hall–Kier alpha value is 0.0900. The van der Waals surface area contributed by atoms with E-state index in [4.69, 9.17) is 5.73 Å². The predicted molar refractivity (Wildman–Crippen MR) is 75.2 cm³/mol. The van der Waals surface area contributed by atoms with Crippen LogP contribution in [0.15, 0.2) is 0 Å². The van der Waals surface area contributed by atoms with E-state index in [9.17, 15) is 4.79 Å². The summed E-state index contributed by atoms with van der Waals surface area (Å²) in [5, 5.41) is 5.95. The molecule has 0 aromatic heterocycles. The van der Waals surface area contributed by atoms with Crippen molar-refractivity contribution in [3.05, 3.63) is 0 Å². The first kappa shape index (κ1) is 16.1. The Morgan fingerprint density at radius 3 is 2.56 bits per heavy atom. The number of carbonyl (C=O) groups excluding carboxylic acids is 1. The van der Waals surface area contributed by atoms with E-state index in [0.717, 1.165) is 6.42 Å². The summed E-state index contributed by atoms with van der Waals surface area (Å²) in [5.41, 5.74) is 5.22. The lowest BCUT2D eigenvalue weighted by molar-refractivity contribution is 0.257. The van der Waals surface area contributed by atoms with Gasteiger partial charge in [0.25, 0.3) is 5.24 Å². The molecule has 0 saturated carbocycles. The molecule has 0 aromatic rings. The minimum absolute atomic E-state index is 0.0516. The summed E-state index contributed by atoms with van der Waals surface area (Å²) in [5.74, 6) is 0. The summed E-state index contributed by atoms with van der Waals surface area (Å²) < 4.78 is -0.0948. The Morgan fingerprint density at radius 2 is 2.12 bits per heavy atom. The van der Waals surface area contributed by atoms with Gasteiger partial charge >= 0.3 is 0 Å². The summed E-state index contributed by atoms with van der Waals surface area (Å²) >= 11 is 5.62. The highest BCUT2D eigenvalue weighted by Crippen LogP contribution is 2.26. The minimum Gasteiger partial charge on any atom is -0.344 e. The van der Waals surface area contributed by atoms with Gasteiger partial charge in [0.1, 0.15) is 0 Å². The molecule has 0 bridgehead atoms. The predicted octanol–water partition coefficient (Wildman–Crippen LogP) is 1.42. The number of thiol groups is 1. The number of carbonyl (C=O) groups is 1. The molecule has 16 heavy (non-hydrogen) atoms. The first-order valence-electron chi connectivity index (χ1n) is 5.37. The summed E-state index contributed by atoms with van der Waals surface area (Å²) in [6.07, 6.45) is 0.791. The van der Waals surface area contributed by atoms with Crippen molar-refractivity contribution in [3.63, 3.8) is 0 Å². The van der Waals surface area contributed by atoms with Crippen LogP contribution in [-0.2, 0) is 0 Å². The molecule has 4 N–H and O–H groups in total. The molecule has 2 atom stereocenters. The van der Waals surface area contributed by atoms with Crippen LogP contribution in [0.4, 0.5) is 4.79 Å². The van der Waals surface area contributed by atoms with Crippen molar-refractivity contribution in [1.82, 2.24) is 10.6 Å². The largest absolute Gasteiger partial charge is 0.344 e. The van der Waals surface area contributed by atoms with Gasteiger partial charge < -0.3 is 16.4 Å². The van der Waals surface area contributed by atoms with Crippen LogP contribution >= 0.6 is 24.4 Å². The van der Waals surface area contributed by atoms with Crippen LogP contribution in [0.1, 0.15) is 27.2 Å². The summed E-state index contributed by atoms with van der Waals surface area (Å²) in [7, 11) is 1.86. The molecular formula is C10H23N3OS2. The van der Waals surface area contributed by atoms with E-state index in [2.05, 4.69) is 23.3 Å². The Labute approximate surface area is 108 Å². The molecule has 0 saturated heterocycles. The lowest BCUT2D eigenvalue weighted by Crippen LogP contribution is -2.45. The molecule has 1 amide bonds. The van der Waals surface area contributed by atoms with Gasteiger partial charge in [0.15, 0.2) is 0 Å². The summed E-state index contributed by atoms with van der Waals surface area (Å²) in [6.45, 7) is 6.54. The van der Waals surface area contributed by atoms with Crippen molar-refractivity contribution < 1.29 is 4.79 Å². The molecule has 0 radical (unpaired) electrons. The molecule has 0 fully saturated rings. The van der Waals surface area contributed by atoms with Crippen LogP contribution in [0, 0.1) is 0 Å². The molecule has 0 aromatic carbocycles. The number of nitrogens with two attached hydrogens (primary N) is 1. The zero-order valence-corrected chi connectivity index (χ0v) is 12.1. The third kappa shape index (κ3) is 5.98. The Balaban J connectivity index is 4.05. The summed E-state index contributed by atoms with van der Waals surface area (Å²) in [6, 6.07) is 0.114. The lowest BCUT2D eigenvalue weighted by atomic mass is 10.1. The van der Waals surface area contributed by atoms with Gasteiger partial charge in [-0.15, -0.1) is 0 Å². The molecule has 0 aliphatic rings. The van der Waals surface area contributed by atoms with Crippen molar-refractivity contribution in [3.8, 4) is 0 Å². The minimum atomic E-state index is -0.192. The smallest absolute Gasteiger partial charge is 0.280 e. The topological polar surface area (TPSA) is 67.2 Å². The molecular weight excluding hydrogens is 242 g/mol. The van der Waals surface area contributed by atoms with E-state index in [1.165, 1.54) is 11.8 Å². The van der Waals surface area contributed by atoms with Crippen LogP contribution in [0.5, 0.6) is 0 Å². The van der Waals surface area contributed by atoms with Crippen LogP contribution in [0.25, 0.3) is 0 Å². The van der Waals surface area contributed by atoms with Gasteiger partial charge in [0.05, 0.1) is 4.58 Å². The van der Waals surface area contributed by atoms with Crippen molar-refractivity contribution in [2.75, 3.05) is 13.6 Å². The second kappa shape index (κ2) is 7.42. The molecule has 4 nitrogen and oxygen atoms in total. The molecule has 0 aliphatic carbocycles. The quantitative estimate of drug-likeness (QED) is 0.433. The van der Waals surface area contributed by atoms with E-state index in [-0.39, 0.29) is 21.4 Å². The molecule has 0 rings (SSSR count). The average molecular weight is 265 g/mol. The molecule has 0 spiro atoms. The normalized spacial score (nSPS) is 15.6. The number of rotatable bonds is 6. The number of thioether (sulfide) groups is 1. The van der Waals surface area contributed by atoms with Gasteiger partial charge in [-0.05, 0) is 52.5 Å². The Kier molecular flexibility index (Phi) is 7.46. The molecule has 96 valence electrons. The standard InChI is InChI=1S/C10H23N3OS2/c1-7(5-6-11)13-9(14)16-8(15)10(2,3)12-4/h7-8,12,15H,5-6,11H2,1-4H3,(H,13,14). The van der Waals surface area contributed by atoms with E-state index < -0.39 is 0 Å². The maximum absolute atomic E-state index is 11.6. The molecule has 0 heterocycles. The first-order chi connectivity index (χ1) is 7.33. The van der Waals surface area contributed by atoms with Crippen molar-refractivity contribution >= 4 is 29.6 Å². The highest BCUT2D eigenvalue weighted by molar-refractivity contribution is 8.21. The van der Waals surface area contributed by atoms with Crippen molar-refractivity contribution in [2.45, 2.75) is 43.4 Å². The van der Waals surface area contributed by atoms with Crippen LogP contribution in [0.2, 0.25) is 0 Å².